The van der Waals surface area contributed by atoms with Crippen molar-refractivity contribution in [1.29, 1.82) is 0 Å². The summed E-state index contributed by atoms with van der Waals surface area (Å²) in [6.45, 7) is 6.25. The highest BCUT2D eigenvalue weighted by Crippen LogP contribution is 2.38. The second kappa shape index (κ2) is 8.38. The van der Waals surface area contributed by atoms with Gasteiger partial charge in [-0.05, 0) is 31.4 Å². The number of carbonyl (C=O) groups excluding carboxylic acids is 1. The molecule has 0 radical (unpaired) electrons. The molecule has 29 heavy (non-hydrogen) atoms. The molecule has 0 saturated carbocycles. The van der Waals surface area contributed by atoms with E-state index in [-0.39, 0.29) is 25.1 Å². The third kappa shape index (κ3) is 3.92. The summed E-state index contributed by atoms with van der Waals surface area (Å²) >= 11 is 0. The molecule has 9 nitrogen and oxygen atoms in total. The maximum atomic E-state index is 13.3. The van der Waals surface area contributed by atoms with Crippen molar-refractivity contribution >= 4 is 11.7 Å². The maximum absolute atomic E-state index is 13.3. The van der Waals surface area contributed by atoms with Gasteiger partial charge >= 0.3 is 6.01 Å². The number of hydrogen-bond donors (Lipinski definition) is 2. The molecule has 3 rings (SSSR count). The van der Waals surface area contributed by atoms with E-state index in [4.69, 9.17) is 4.74 Å². The summed E-state index contributed by atoms with van der Waals surface area (Å²) in [5, 5.41) is 20.2. The lowest BCUT2D eigenvalue weighted by Crippen LogP contribution is -2.63. The van der Waals surface area contributed by atoms with E-state index in [1.807, 2.05) is 13.0 Å². The Hall–Kier alpha value is -2.65. The predicted octanol–water partition coefficient (Wildman–Crippen LogP) is 2.12. The predicted molar refractivity (Wildman–Crippen MR) is 108 cm³/mol. The molecule has 1 amide bonds. The van der Waals surface area contributed by atoms with Crippen LogP contribution >= 0.6 is 0 Å². The molecule has 0 aliphatic carbocycles. The number of imidazole rings is 1. The number of aryl methyl sites for hydroxylation is 1. The van der Waals surface area contributed by atoms with Gasteiger partial charge in [0.25, 0.3) is 5.91 Å². The van der Waals surface area contributed by atoms with Crippen molar-refractivity contribution in [2.75, 3.05) is 25.1 Å². The Morgan fingerprint density at radius 1 is 1.24 bits per heavy atom. The number of rotatable bonds is 8. The SMILES string of the molecule is CCCCn1c(Oc2cncc(C)c2)nc2c1C(=O)N(CCCO)C(C)(O)N2C. The smallest absolute Gasteiger partial charge is 0.304 e. The second-order valence-electron chi connectivity index (χ2n) is 7.44. The summed E-state index contributed by atoms with van der Waals surface area (Å²) in [6, 6.07) is 2.14. The molecule has 3 heterocycles. The molecule has 1 aliphatic heterocycles. The first-order chi connectivity index (χ1) is 13.8. The average Bonchev–Trinajstić information content (AvgIpc) is 3.03. The van der Waals surface area contributed by atoms with Gasteiger partial charge in [0.15, 0.2) is 11.5 Å². The Morgan fingerprint density at radius 2 is 2.00 bits per heavy atom. The number of hydrogen-bond acceptors (Lipinski definition) is 7. The number of carbonyl (C=O) groups is 1. The molecule has 0 saturated heterocycles. The van der Waals surface area contributed by atoms with Crippen LogP contribution in [-0.4, -0.2) is 61.6 Å². The molecule has 158 valence electrons. The van der Waals surface area contributed by atoms with Crippen LogP contribution in [0.4, 0.5) is 5.82 Å². The lowest BCUT2D eigenvalue weighted by molar-refractivity contribution is -0.0774. The minimum atomic E-state index is -1.56. The van der Waals surface area contributed by atoms with Crippen molar-refractivity contribution in [1.82, 2.24) is 19.4 Å². The highest BCUT2D eigenvalue weighted by atomic mass is 16.5. The fourth-order valence-electron chi connectivity index (χ4n) is 3.40. The molecular formula is C20H29N5O4. The summed E-state index contributed by atoms with van der Waals surface area (Å²) in [4.78, 5) is 24.9. The van der Waals surface area contributed by atoms with E-state index in [1.165, 1.54) is 4.90 Å². The topological polar surface area (TPSA) is 104 Å². The van der Waals surface area contributed by atoms with E-state index in [0.29, 0.717) is 30.2 Å². The van der Waals surface area contributed by atoms with Gasteiger partial charge in [-0.3, -0.25) is 19.2 Å². The quantitative estimate of drug-likeness (QED) is 0.696. The van der Waals surface area contributed by atoms with E-state index in [0.717, 1.165) is 18.4 Å². The monoisotopic (exact) mass is 403 g/mol. The van der Waals surface area contributed by atoms with E-state index in [2.05, 4.69) is 16.9 Å². The summed E-state index contributed by atoms with van der Waals surface area (Å²) < 4.78 is 7.76. The second-order valence-corrected chi connectivity index (χ2v) is 7.44. The van der Waals surface area contributed by atoms with Crippen molar-refractivity contribution < 1.29 is 19.7 Å². The van der Waals surface area contributed by atoms with Crippen molar-refractivity contribution in [3.05, 3.63) is 29.7 Å². The largest absolute Gasteiger partial charge is 0.424 e. The van der Waals surface area contributed by atoms with Gasteiger partial charge in [0.05, 0.1) is 6.20 Å². The van der Waals surface area contributed by atoms with Gasteiger partial charge in [-0.25, -0.2) is 0 Å². The Kier molecular flexibility index (Phi) is 6.09. The Labute approximate surface area is 170 Å². The number of ether oxygens (including phenoxy) is 1. The Bertz CT molecular complexity index is 880. The molecule has 2 N–H and O–H groups in total. The molecule has 0 bridgehead atoms. The van der Waals surface area contributed by atoms with Gasteiger partial charge in [-0.1, -0.05) is 13.3 Å². The normalized spacial score (nSPS) is 18.9. The molecule has 0 fully saturated rings. The van der Waals surface area contributed by atoms with Crippen LogP contribution in [-0.2, 0) is 6.54 Å². The number of aliphatic hydroxyl groups excluding tert-OH is 1. The number of pyridine rings is 1. The minimum absolute atomic E-state index is 0.0692. The zero-order valence-corrected chi connectivity index (χ0v) is 17.4. The van der Waals surface area contributed by atoms with Gasteiger partial charge in [0, 0.05) is 39.9 Å². The number of nitrogens with zero attached hydrogens (tertiary/aromatic N) is 5. The number of anilines is 1. The lowest BCUT2D eigenvalue weighted by Gasteiger charge is -2.46. The molecule has 0 aromatic carbocycles. The third-order valence-electron chi connectivity index (χ3n) is 5.16. The van der Waals surface area contributed by atoms with Crippen molar-refractivity contribution in [3.63, 3.8) is 0 Å². The van der Waals surface area contributed by atoms with E-state index in [9.17, 15) is 15.0 Å². The fourth-order valence-corrected chi connectivity index (χ4v) is 3.40. The number of unbranched alkanes of at least 4 members (excludes halogenated alkanes) is 1. The molecule has 1 unspecified atom stereocenters. The number of aliphatic hydroxyl groups is 2. The van der Waals surface area contributed by atoms with E-state index < -0.39 is 5.85 Å². The van der Waals surface area contributed by atoms with Gasteiger partial charge in [-0.2, -0.15) is 4.98 Å². The van der Waals surface area contributed by atoms with Crippen molar-refractivity contribution in [2.45, 2.75) is 52.4 Å². The summed E-state index contributed by atoms with van der Waals surface area (Å²) in [7, 11) is 1.69. The summed E-state index contributed by atoms with van der Waals surface area (Å²) in [6.07, 6.45) is 5.48. The zero-order valence-electron chi connectivity index (χ0n) is 17.4. The van der Waals surface area contributed by atoms with Gasteiger partial charge < -0.3 is 19.8 Å². The first-order valence-electron chi connectivity index (χ1n) is 9.90. The highest BCUT2D eigenvalue weighted by molar-refractivity contribution is 6.00. The molecule has 2 aromatic heterocycles. The number of amides is 1. The molecule has 1 atom stereocenters. The van der Waals surface area contributed by atoms with Crippen LogP contribution in [0.25, 0.3) is 0 Å². The number of aromatic nitrogens is 3. The third-order valence-corrected chi connectivity index (χ3v) is 5.16. The van der Waals surface area contributed by atoms with Crippen LogP contribution < -0.4 is 9.64 Å². The van der Waals surface area contributed by atoms with Gasteiger partial charge in [0.1, 0.15) is 5.75 Å². The van der Waals surface area contributed by atoms with Gasteiger partial charge in [-0.15, -0.1) is 0 Å². The molecule has 2 aromatic rings. The first kappa shape index (κ1) is 21.1. The van der Waals surface area contributed by atoms with Crippen LogP contribution in [0.3, 0.4) is 0 Å². The van der Waals surface area contributed by atoms with Crippen LogP contribution in [0.2, 0.25) is 0 Å². The summed E-state index contributed by atoms with van der Waals surface area (Å²) in [5.41, 5.74) is 1.33. The molecule has 1 aliphatic rings. The lowest BCUT2D eigenvalue weighted by atomic mass is 10.1. The standard InChI is InChI=1S/C20H29N5O4/c1-5-6-8-24-16-17(22-19(24)29-15-11-14(2)12-21-13-15)23(4)20(3,28)25(18(16)27)9-7-10-26/h11-13,26,28H,5-10H2,1-4H3. The zero-order chi connectivity index (χ0) is 21.2. The summed E-state index contributed by atoms with van der Waals surface area (Å²) in [5.74, 6) is -1.00. The average molecular weight is 403 g/mol. The van der Waals surface area contributed by atoms with E-state index in [1.54, 1.807) is 35.8 Å². The molecule has 0 spiro atoms. The van der Waals surface area contributed by atoms with Crippen molar-refractivity contribution in [3.8, 4) is 11.8 Å². The number of fused-ring (bicyclic) bond motifs is 1. The Balaban J connectivity index is 2.07. The first-order valence-corrected chi connectivity index (χ1v) is 9.90. The van der Waals surface area contributed by atoms with E-state index >= 15 is 0 Å². The van der Waals surface area contributed by atoms with Crippen LogP contribution in [0.5, 0.6) is 11.8 Å². The fraction of sp³-hybridized carbons (Fsp3) is 0.550. The van der Waals surface area contributed by atoms with Crippen molar-refractivity contribution in [2.24, 2.45) is 0 Å². The molecular weight excluding hydrogens is 374 g/mol. The maximum Gasteiger partial charge on any atom is 0.304 e. The van der Waals surface area contributed by atoms with Crippen LogP contribution in [0, 0.1) is 6.92 Å². The highest BCUT2D eigenvalue weighted by Gasteiger charge is 2.47. The van der Waals surface area contributed by atoms with Crippen LogP contribution in [0.1, 0.15) is 49.2 Å². The molecule has 9 heteroatoms. The van der Waals surface area contributed by atoms with Crippen LogP contribution in [0.15, 0.2) is 18.5 Å². The Morgan fingerprint density at radius 3 is 2.66 bits per heavy atom. The van der Waals surface area contributed by atoms with Gasteiger partial charge in [0.2, 0.25) is 5.85 Å². The minimum Gasteiger partial charge on any atom is -0.424 e.